The molecule has 2 aliphatic heterocycles. The number of amides is 2. The van der Waals surface area contributed by atoms with E-state index < -0.39 is 24.5 Å². The van der Waals surface area contributed by atoms with E-state index in [1.165, 1.54) is 46.0 Å². The van der Waals surface area contributed by atoms with Gasteiger partial charge in [-0.05, 0) is 42.8 Å². The van der Waals surface area contributed by atoms with Crippen molar-refractivity contribution in [2.75, 3.05) is 6.54 Å². The van der Waals surface area contributed by atoms with Crippen LogP contribution in [0.1, 0.15) is 50.6 Å². The minimum Gasteiger partial charge on any atom is -0.480 e. The third-order valence-electron chi connectivity index (χ3n) is 6.85. The van der Waals surface area contributed by atoms with Crippen molar-refractivity contribution < 1.29 is 33.0 Å². The Bertz CT molecular complexity index is 1460. The van der Waals surface area contributed by atoms with Crippen LogP contribution in [0.25, 0.3) is 0 Å². The van der Waals surface area contributed by atoms with Gasteiger partial charge in [-0.1, -0.05) is 35.3 Å². The smallest absolute Gasteiger partial charge is 0.387 e. The summed E-state index contributed by atoms with van der Waals surface area (Å²) >= 11 is 12.1. The van der Waals surface area contributed by atoms with E-state index in [4.69, 9.17) is 23.2 Å². The van der Waals surface area contributed by atoms with Crippen molar-refractivity contribution in [3.63, 3.8) is 0 Å². The molecule has 3 aromatic rings. The molecule has 0 aliphatic carbocycles. The van der Waals surface area contributed by atoms with Crippen molar-refractivity contribution in [3.8, 4) is 5.75 Å². The number of hydrogen-bond acceptors (Lipinski definition) is 5. The molecule has 9 nitrogen and oxygen atoms in total. The number of carbonyl (C=O) groups is 3. The van der Waals surface area contributed by atoms with E-state index in [2.05, 4.69) is 9.84 Å². The molecule has 2 amide bonds. The number of benzene rings is 2. The number of alkyl halides is 2. The standard InChI is InChI=1S/C26H22Cl2F2N4O5/c1-13-8-20-17(11-33(13)23(35)15-4-7-18(27)19(28)9-15)22-24(36)32(12-21(25(37)38)34(22)31-20)10-14-2-5-16(6-3-14)39-26(29)30/h2-7,9,13,21,26H,8,10-12H2,1H3,(H,37,38)/t13-,21+/m1/s1. The molecule has 39 heavy (non-hydrogen) atoms. The Morgan fingerprint density at radius 2 is 1.87 bits per heavy atom. The second kappa shape index (κ2) is 10.5. The topological polar surface area (TPSA) is 105 Å². The average Bonchev–Trinajstić information content (AvgIpc) is 3.25. The van der Waals surface area contributed by atoms with Crippen molar-refractivity contribution in [2.24, 2.45) is 0 Å². The van der Waals surface area contributed by atoms with Crippen LogP contribution in [0.2, 0.25) is 10.0 Å². The van der Waals surface area contributed by atoms with Crippen LogP contribution in [0.4, 0.5) is 8.78 Å². The summed E-state index contributed by atoms with van der Waals surface area (Å²) in [6, 6.07) is 8.92. The van der Waals surface area contributed by atoms with E-state index in [1.54, 1.807) is 11.0 Å². The molecule has 1 N–H and O–H groups in total. The number of carbonyl (C=O) groups excluding carboxylic acids is 2. The van der Waals surface area contributed by atoms with E-state index in [0.29, 0.717) is 33.8 Å². The predicted octanol–water partition coefficient (Wildman–Crippen LogP) is 4.66. The second-order valence-electron chi connectivity index (χ2n) is 9.40. The number of aliphatic carboxylic acids is 1. The summed E-state index contributed by atoms with van der Waals surface area (Å²) in [6.07, 6.45) is 0.327. The third-order valence-corrected chi connectivity index (χ3v) is 7.59. The van der Waals surface area contributed by atoms with Crippen LogP contribution < -0.4 is 4.74 Å². The van der Waals surface area contributed by atoms with Crippen molar-refractivity contribution in [2.45, 2.75) is 45.1 Å². The Hall–Kier alpha value is -3.70. The first-order valence-electron chi connectivity index (χ1n) is 12.0. The lowest BCUT2D eigenvalue weighted by Gasteiger charge is -2.35. The van der Waals surface area contributed by atoms with Crippen LogP contribution in [0.15, 0.2) is 42.5 Å². The highest BCUT2D eigenvalue weighted by atomic mass is 35.5. The summed E-state index contributed by atoms with van der Waals surface area (Å²) in [5, 5.41) is 15.0. The Morgan fingerprint density at radius 1 is 1.15 bits per heavy atom. The van der Waals surface area contributed by atoms with Crippen LogP contribution in [0.5, 0.6) is 5.75 Å². The van der Waals surface area contributed by atoms with Crippen LogP contribution in [0.3, 0.4) is 0 Å². The molecule has 2 atom stereocenters. The first kappa shape index (κ1) is 26.9. The number of rotatable bonds is 6. The molecule has 0 fully saturated rings. The van der Waals surface area contributed by atoms with Gasteiger partial charge in [0.25, 0.3) is 11.8 Å². The average molecular weight is 579 g/mol. The highest BCUT2D eigenvalue weighted by molar-refractivity contribution is 6.42. The van der Waals surface area contributed by atoms with Gasteiger partial charge in [0, 0.05) is 30.1 Å². The van der Waals surface area contributed by atoms with Gasteiger partial charge in [0.05, 0.1) is 28.8 Å². The second-order valence-corrected chi connectivity index (χ2v) is 10.2. The van der Waals surface area contributed by atoms with Crippen molar-refractivity contribution in [1.29, 1.82) is 0 Å². The Morgan fingerprint density at radius 3 is 2.51 bits per heavy atom. The zero-order valence-corrected chi connectivity index (χ0v) is 22.0. The van der Waals surface area contributed by atoms with Crippen molar-refractivity contribution >= 4 is 41.0 Å². The lowest BCUT2D eigenvalue weighted by molar-refractivity contribution is -0.142. The van der Waals surface area contributed by atoms with E-state index in [9.17, 15) is 28.3 Å². The molecule has 0 radical (unpaired) electrons. The van der Waals surface area contributed by atoms with Gasteiger partial charge in [0.15, 0.2) is 6.04 Å². The number of halogens is 4. The zero-order valence-electron chi connectivity index (χ0n) is 20.5. The van der Waals surface area contributed by atoms with Gasteiger partial charge in [0.2, 0.25) is 0 Å². The van der Waals surface area contributed by atoms with E-state index in [1.807, 2.05) is 6.92 Å². The van der Waals surface area contributed by atoms with Crippen LogP contribution in [-0.4, -0.2) is 61.7 Å². The Labute approximate surface area is 231 Å². The zero-order chi connectivity index (χ0) is 28.0. The number of fused-ring (bicyclic) bond motifs is 3. The molecule has 5 rings (SSSR count). The molecule has 0 saturated heterocycles. The summed E-state index contributed by atoms with van der Waals surface area (Å²) in [5.74, 6) is -1.94. The number of aromatic nitrogens is 2. The molecule has 3 heterocycles. The van der Waals surface area contributed by atoms with Crippen molar-refractivity contribution in [3.05, 3.63) is 80.6 Å². The predicted molar refractivity (Wildman–Crippen MR) is 136 cm³/mol. The first-order valence-corrected chi connectivity index (χ1v) is 12.7. The van der Waals surface area contributed by atoms with E-state index >= 15 is 0 Å². The molecule has 204 valence electrons. The van der Waals surface area contributed by atoms with Gasteiger partial charge < -0.3 is 19.6 Å². The fourth-order valence-electron chi connectivity index (χ4n) is 4.92. The fourth-order valence-corrected chi connectivity index (χ4v) is 5.21. The SMILES string of the molecule is C[C@@H]1Cc2nn3c(c2CN1C(=O)c1ccc(Cl)c(Cl)c1)C(=O)N(Cc1ccc(OC(F)F)cc1)C[C@H]3C(=O)O. The van der Waals surface area contributed by atoms with Gasteiger partial charge in [-0.15, -0.1) is 0 Å². The van der Waals surface area contributed by atoms with Crippen LogP contribution in [-0.2, 0) is 24.3 Å². The summed E-state index contributed by atoms with van der Waals surface area (Å²) in [5.41, 5.74) is 2.09. The van der Waals surface area contributed by atoms with Gasteiger partial charge in [-0.25, -0.2) is 9.48 Å². The summed E-state index contributed by atoms with van der Waals surface area (Å²) in [4.78, 5) is 42.2. The van der Waals surface area contributed by atoms with Gasteiger partial charge in [0.1, 0.15) is 11.4 Å². The molecule has 0 bridgehead atoms. The van der Waals surface area contributed by atoms with Gasteiger partial charge in [-0.3, -0.25) is 9.59 Å². The highest BCUT2D eigenvalue weighted by Crippen LogP contribution is 2.34. The fraction of sp³-hybridized carbons (Fsp3) is 0.308. The lowest BCUT2D eigenvalue weighted by Crippen LogP contribution is -2.46. The van der Waals surface area contributed by atoms with Crippen LogP contribution in [0, 0.1) is 0 Å². The Balaban J connectivity index is 1.45. The molecule has 13 heteroatoms. The minimum atomic E-state index is -2.96. The molecular formula is C26H22Cl2F2N4O5. The molecule has 0 spiro atoms. The molecular weight excluding hydrogens is 557 g/mol. The van der Waals surface area contributed by atoms with E-state index in [0.717, 1.165) is 0 Å². The normalized spacial score (nSPS) is 18.7. The number of carboxylic acid groups (broad SMARTS) is 1. The Kier molecular flexibility index (Phi) is 7.21. The minimum absolute atomic E-state index is 0.0323. The summed E-state index contributed by atoms with van der Waals surface area (Å²) in [6.45, 7) is -1.16. The first-order chi connectivity index (χ1) is 18.5. The maximum Gasteiger partial charge on any atom is 0.387 e. The third kappa shape index (κ3) is 5.16. The number of hydrogen-bond donors (Lipinski definition) is 1. The largest absolute Gasteiger partial charge is 0.480 e. The lowest BCUT2D eigenvalue weighted by atomic mass is 9.97. The maximum atomic E-state index is 13.7. The van der Waals surface area contributed by atoms with Crippen LogP contribution >= 0.6 is 23.2 Å². The monoisotopic (exact) mass is 578 g/mol. The molecule has 0 saturated carbocycles. The van der Waals surface area contributed by atoms with Gasteiger partial charge in [-0.2, -0.15) is 13.9 Å². The maximum absolute atomic E-state index is 13.7. The number of ether oxygens (including phenoxy) is 1. The molecule has 1 aromatic heterocycles. The highest BCUT2D eigenvalue weighted by Gasteiger charge is 2.42. The summed E-state index contributed by atoms with van der Waals surface area (Å²) < 4.78 is 30.5. The molecule has 0 unspecified atom stereocenters. The molecule has 2 aromatic carbocycles. The van der Waals surface area contributed by atoms with Crippen molar-refractivity contribution in [1.82, 2.24) is 19.6 Å². The molecule has 2 aliphatic rings. The van der Waals surface area contributed by atoms with Gasteiger partial charge >= 0.3 is 12.6 Å². The number of carboxylic acids is 1. The summed E-state index contributed by atoms with van der Waals surface area (Å²) in [7, 11) is 0. The number of nitrogens with zero attached hydrogens (tertiary/aromatic N) is 4. The quantitative estimate of drug-likeness (QED) is 0.456. The van der Waals surface area contributed by atoms with E-state index in [-0.39, 0.29) is 48.0 Å².